The average molecular weight is 351 g/mol. The number of carbonyl (C=O) groups is 1. The van der Waals surface area contributed by atoms with E-state index in [0.717, 1.165) is 11.1 Å². The monoisotopic (exact) mass is 351 g/mol. The van der Waals surface area contributed by atoms with Gasteiger partial charge in [0.15, 0.2) is 5.69 Å². The van der Waals surface area contributed by atoms with Crippen molar-refractivity contribution in [2.75, 3.05) is 0 Å². The third-order valence-electron chi connectivity index (χ3n) is 4.05. The number of amidine groups is 1. The molecule has 0 saturated carbocycles. The molecule has 0 atom stereocenters. The van der Waals surface area contributed by atoms with Crippen molar-refractivity contribution in [1.82, 2.24) is 20.1 Å². The lowest BCUT2D eigenvalue weighted by molar-refractivity contribution is -0.142. The maximum atomic E-state index is 13.1. The molecule has 2 aromatic heterocycles. The second-order valence-electron chi connectivity index (χ2n) is 5.80. The number of nitrogens with zero attached hydrogens (tertiary/aromatic N) is 3. The maximum absolute atomic E-state index is 13.1. The van der Waals surface area contributed by atoms with Crippen molar-refractivity contribution in [3.05, 3.63) is 47.0 Å². The lowest BCUT2D eigenvalue weighted by Crippen LogP contribution is -2.34. The molecule has 2 aromatic rings. The number of aromatic nitrogens is 3. The van der Waals surface area contributed by atoms with Crippen molar-refractivity contribution >= 4 is 11.7 Å². The molecule has 1 aliphatic rings. The zero-order valence-electron chi connectivity index (χ0n) is 13.2. The minimum atomic E-state index is -4.53. The first-order valence-electron chi connectivity index (χ1n) is 7.81. The Morgan fingerprint density at radius 1 is 1.24 bits per heavy atom. The number of nitrogens with one attached hydrogen (secondary N) is 2. The Kier molecular flexibility index (Phi) is 4.56. The average Bonchev–Trinajstić information content (AvgIpc) is 2.94. The van der Waals surface area contributed by atoms with E-state index in [-0.39, 0.29) is 17.9 Å². The number of amides is 1. The van der Waals surface area contributed by atoms with Gasteiger partial charge in [0, 0.05) is 29.2 Å². The molecule has 2 heterocycles. The topological polar surface area (TPSA) is 83.7 Å². The van der Waals surface area contributed by atoms with Crippen LogP contribution in [0.5, 0.6) is 0 Å². The molecule has 0 radical (unpaired) electrons. The van der Waals surface area contributed by atoms with Crippen LogP contribution in [0.2, 0.25) is 0 Å². The number of carbonyl (C=O) groups excluding carboxylic acids is 1. The SMILES string of the molecule is N=C(NC(=O)Cn1nc(C(F)(F)F)c2c1CCCC2)c1ccncc1. The van der Waals surface area contributed by atoms with Gasteiger partial charge >= 0.3 is 6.18 Å². The normalized spacial score (nSPS) is 14.0. The van der Waals surface area contributed by atoms with Gasteiger partial charge in [-0.3, -0.25) is 19.9 Å². The van der Waals surface area contributed by atoms with Crippen LogP contribution < -0.4 is 5.32 Å². The van der Waals surface area contributed by atoms with Gasteiger partial charge in [0.05, 0.1) is 0 Å². The van der Waals surface area contributed by atoms with E-state index in [9.17, 15) is 18.0 Å². The van der Waals surface area contributed by atoms with Gasteiger partial charge in [-0.05, 0) is 37.8 Å². The van der Waals surface area contributed by atoms with Gasteiger partial charge in [-0.2, -0.15) is 18.3 Å². The van der Waals surface area contributed by atoms with E-state index < -0.39 is 17.8 Å². The van der Waals surface area contributed by atoms with Crippen molar-refractivity contribution in [2.45, 2.75) is 38.4 Å². The zero-order chi connectivity index (χ0) is 18.0. The fraction of sp³-hybridized carbons (Fsp3) is 0.375. The predicted octanol–water partition coefficient (Wildman–Crippen LogP) is 2.32. The molecule has 0 aliphatic heterocycles. The summed E-state index contributed by atoms with van der Waals surface area (Å²) in [5.41, 5.74) is 0.209. The minimum Gasteiger partial charge on any atom is -0.309 e. The minimum absolute atomic E-state index is 0.135. The van der Waals surface area contributed by atoms with E-state index in [0.29, 0.717) is 30.5 Å². The lowest BCUT2D eigenvalue weighted by Gasteiger charge is -2.14. The van der Waals surface area contributed by atoms with E-state index >= 15 is 0 Å². The van der Waals surface area contributed by atoms with E-state index in [1.807, 2.05) is 0 Å². The molecule has 6 nitrogen and oxygen atoms in total. The van der Waals surface area contributed by atoms with Crippen LogP contribution in [0.4, 0.5) is 13.2 Å². The number of pyridine rings is 1. The van der Waals surface area contributed by atoms with Crippen LogP contribution in [0, 0.1) is 5.41 Å². The summed E-state index contributed by atoms with van der Waals surface area (Å²) in [4.78, 5) is 15.9. The van der Waals surface area contributed by atoms with Crippen LogP contribution in [0.3, 0.4) is 0 Å². The van der Waals surface area contributed by atoms with Crippen LogP contribution in [0.1, 0.15) is 35.4 Å². The molecule has 3 rings (SSSR count). The second kappa shape index (κ2) is 6.66. The van der Waals surface area contributed by atoms with Gasteiger partial charge in [-0.1, -0.05) is 0 Å². The summed E-state index contributed by atoms with van der Waals surface area (Å²) < 4.78 is 40.5. The maximum Gasteiger partial charge on any atom is 0.435 e. The summed E-state index contributed by atoms with van der Waals surface area (Å²) in [7, 11) is 0. The van der Waals surface area contributed by atoms with Crippen molar-refractivity contribution in [3.63, 3.8) is 0 Å². The predicted molar refractivity (Wildman–Crippen MR) is 83.1 cm³/mol. The largest absolute Gasteiger partial charge is 0.435 e. The molecule has 1 aliphatic carbocycles. The lowest BCUT2D eigenvalue weighted by atomic mass is 9.95. The first kappa shape index (κ1) is 17.1. The van der Waals surface area contributed by atoms with Gasteiger partial charge in [-0.15, -0.1) is 0 Å². The summed E-state index contributed by atoms with van der Waals surface area (Å²) in [5.74, 6) is -0.726. The van der Waals surface area contributed by atoms with Crippen LogP contribution in [-0.4, -0.2) is 26.5 Å². The van der Waals surface area contributed by atoms with Gasteiger partial charge in [0.25, 0.3) is 0 Å². The van der Waals surface area contributed by atoms with Gasteiger partial charge in [0.1, 0.15) is 12.4 Å². The highest BCUT2D eigenvalue weighted by Crippen LogP contribution is 2.35. The molecule has 2 N–H and O–H groups in total. The van der Waals surface area contributed by atoms with Gasteiger partial charge < -0.3 is 5.32 Å². The van der Waals surface area contributed by atoms with E-state index in [2.05, 4.69) is 15.4 Å². The third-order valence-corrected chi connectivity index (χ3v) is 4.05. The third kappa shape index (κ3) is 3.70. The second-order valence-corrected chi connectivity index (χ2v) is 5.80. The Hall–Kier alpha value is -2.71. The molecular weight excluding hydrogens is 335 g/mol. The number of fused-ring (bicyclic) bond motifs is 1. The van der Waals surface area contributed by atoms with E-state index in [1.54, 1.807) is 12.1 Å². The molecule has 0 bridgehead atoms. The zero-order valence-corrected chi connectivity index (χ0v) is 13.2. The van der Waals surface area contributed by atoms with Crippen LogP contribution in [-0.2, 0) is 30.4 Å². The Morgan fingerprint density at radius 2 is 1.92 bits per heavy atom. The van der Waals surface area contributed by atoms with Gasteiger partial charge in [-0.25, -0.2) is 0 Å². The van der Waals surface area contributed by atoms with Crippen LogP contribution >= 0.6 is 0 Å². The number of alkyl halides is 3. The summed E-state index contributed by atoms with van der Waals surface area (Å²) in [5, 5.41) is 13.9. The Labute approximate surface area is 141 Å². The Balaban J connectivity index is 1.77. The highest BCUT2D eigenvalue weighted by molar-refractivity contribution is 6.06. The van der Waals surface area contributed by atoms with E-state index in [1.165, 1.54) is 12.4 Å². The molecule has 9 heteroatoms. The van der Waals surface area contributed by atoms with E-state index in [4.69, 9.17) is 5.41 Å². The molecule has 0 saturated heterocycles. The summed E-state index contributed by atoms with van der Waals surface area (Å²) in [6.45, 7) is -0.355. The standard InChI is InChI=1S/C16H16F3N5O/c17-16(18,19)14-11-3-1-2-4-12(11)24(23-14)9-13(25)22-15(20)10-5-7-21-8-6-10/h5-8H,1-4,9H2,(H2,20,22,25). The summed E-state index contributed by atoms with van der Waals surface area (Å²) in [6.07, 6.45) is 0.662. The fourth-order valence-corrected chi connectivity index (χ4v) is 2.94. The number of hydrogen-bond acceptors (Lipinski definition) is 4. The fourth-order valence-electron chi connectivity index (χ4n) is 2.94. The Morgan fingerprint density at radius 3 is 2.60 bits per heavy atom. The molecule has 25 heavy (non-hydrogen) atoms. The Bertz CT molecular complexity index is 798. The quantitative estimate of drug-likeness (QED) is 0.657. The van der Waals surface area contributed by atoms with Crippen molar-refractivity contribution in [1.29, 1.82) is 5.41 Å². The highest BCUT2D eigenvalue weighted by atomic mass is 19.4. The first-order valence-corrected chi connectivity index (χ1v) is 7.81. The molecule has 1 amide bonds. The van der Waals surface area contributed by atoms with Crippen LogP contribution in [0.15, 0.2) is 24.5 Å². The summed E-state index contributed by atoms with van der Waals surface area (Å²) >= 11 is 0. The number of halogens is 3. The van der Waals surface area contributed by atoms with Gasteiger partial charge in [0.2, 0.25) is 5.91 Å². The molecule has 0 unspecified atom stereocenters. The molecule has 132 valence electrons. The number of hydrogen-bond donors (Lipinski definition) is 2. The molecule has 0 aromatic carbocycles. The van der Waals surface area contributed by atoms with Crippen molar-refractivity contribution < 1.29 is 18.0 Å². The highest BCUT2D eigenvalue weighted by Gasteiger charge is 2.39. The summed E-state index contributed by atoms with van der Waals surface area (Å²) in [6, 6.07) is 3.11. The molecule has 0 spiro atoms. The van der Waals surface area contributed by atoms with Crippen LogP contribution in [0.25, 0.3) is 0 Å². The van der Waals surface area contributed by atoms with Crippen molar-refractivity contribution in [2.24, 2.45) is 0 Å². The number of rotatable bonds is 3. The first-order chi connectivity index (χ1) is 11.9. The van der Waals surface area contributed by atoms with Crippen molar-refractivity contribution in [3.8, 4) is 0 Å². The smallest absolute Gasteiger partial charge is 0.309 e. The molecular formula is C16H16F3N5O. The molecule has 0 fully saturated rings.